The number of methoxy groups -OCH3 is 1. The normalized spacial score (nSPS) is 10.1. The van der Waals surface area contributed by atoms with Gasteiger partial charge < -0.3 is 4.74 Å². The molecule has 0 N–H and O–H groups in total. The van der Waals surface area contributed by atoms with Gasteiger partial charge in [-0.2, -0.15) is 0 Å². The number of hydrogen-bond acceptors (Lipinski definition) is 4. The molecule has 0 aromatic heterocycles. The van der Waals surface area contributed by atoms with E-state index < -0.39 is 4.92 Å². The zero-order valence-corrected chi connectivity index (χ0v) is 10.6. The van der Waals surface area contributed by atoms with Crippen LogP contribution in [0, 0.1) is 10.1 Å². The average molecular weight is 251 g/mol. The van der Waals surface area contributed by atoms with Gasteiger partial charge in [0, 0.05) is 30.5 Å². The van der Waals surface area contributed by atoms with Crippen LogP contribution >= 0.6 is 0 Å². The van der Waals surface area contributed by atoms with Gasteiger partial charge in [-0.25, -0.2) is 0 Å². The van der Waals surface area contributed by atoms with Gasteiger partial charge in [-0.1, -0.05) is 6.92 Å². The molecule has 0 unspecified atom stereocenters. The first kappa shape index (κ1) is 14.2. The molecule has 0 spiro atoms. The van der Waals surface area contributed by atoms with Gasteiger partial charge in [0.2, 0.25) is 0 Å². The lowest BCUT2D eigenvalue weighted by molar-refractivity contribution is -0.384. The molecule has 5 heteroatoms. The Morgan fingerprint density at radius 1 is 1.39 bits per heavy atom. The highest BCUT2D eigenvalue weighted by Gasteiger charge is 2.12. The highest BCUT2D eigenvalue weighted by atomic mass is 16.6. The van der Waals surface area contributed by atoms with Gasteiger partial charge in [-0.05, 0) is 18.9 Å². The minimum absolute atomic E-state index is 0.0220. The highest BCUT2D eigenvalue weighted by molar-refractivity contribution is 5.78. The molecule has 1 rings (SSSR count). The maximum atomic E-state index is 11.5. The molecule has 0 saturated carbocycles. The van der Waals surface area contributed by atoms with Crippen LogP contribution in [0.3, 0.4) is 0 Å². The van der Waals surface area contributed by atoms with Gasteiger partial charge in [-0.3, -0.25) is 14.9 Å². The Hall–Kier alpha value is -1.91. The number of aryl methyl sites for hydroxylation is 1. The third-order valence-electron chi connectivity index (χ3n) is 2.68. The van der Waals surface area contributed by atoms with E-state index in [1.54, 1.807) is 6.07 Å². The predicted molar refractivity (Wildman–Crippen MR) is 67.9 cm³/mol. The summed E-state index contributed by atoms with van der Waals surface area (Å²) < 4.78 is 5.14. The van der Waals surface area contributed by atoms with Crippen molar-refractivity contribution in [3.05, 3.63) is 33.9 Å². The highest BCUT2D eigenvalue weighted by Crippen LogP contribution is 2.25. The van der Waals surface area contributed by atoms with Crippen molar-refractivity contribution < 1.29 is 14.5 Å². The van der Waals surface area contributed by atoms with Gasteiger partial charge >= 0.3 is 0 Å². The van der Waals surface area contributed by atoms with Crippen LogP contribution < -0.4 is 4.74 Å². The number of carbonyl (C=O) groups is 1. The molecule has 0 amide bonds. The van der Waals surface area contributed by atoms with Crippen molar-refractivity contribution in [1.29, 1.82) is 0 Å². The summed E-state index contributed by atoms with van der Waals surface area (Å²) in [7, 11) is 1.51. The van der Waals surface area contributed by atoms with E-state index in [9.17, 15) is 14.9 Å². The first-order valence-electron chi connectivity index (χ1n) is 5.91. The van der Waals surface area contributed by atoms with Gasteiger partial charge in [0.05, 0.1) is 12.0 Å². The monoisotopic (exact) mass is 251 g/mol. The molecular weight excluding hydrogens is 234 g/mol. The van der Waals surface area contributed by atoms with Crippen molar-refractivity contribution in [1.82, 2.24) is 0 Å². The second-order valence-corrected chi connectivity index (χ2v) is 4.04. The fourth-order valence-corrected chi connectivity index (χ4v) is 1.75. The first-order chi connectivity index (χ1) is 8.58. The molecule has 98 valence electrons. The van der Waals surface area contributed by atoms with Crippen LogP contribution in [0.4, 0.5) is 5.69 Å². The van der Waals surface area contributed by atoms with Crippen LogP contribution in [0.25, 0.3) is 0 Å². The van der Waals surface area contributed by atoms with Crippen LogP contribution in [-0.4, -0.2) is 17.8 Å². The maximum absolute atomic E-state index is 11.5. The summed E-state index contributed by atoms with van der Waals surface area (Å²) in [5, 5.41) is 10.7. The third-order valence-corrected chi connectivity index (χ3v) is 2.68. The molecule has 0 aliphatic heterocycles. The topological polar surface area (TPSA) is 69.4 Å². The summed E-state index contributed by atoms with van der Waals surface area (Å²) in [5.41, 5.74) is 0.727. The molecule has 1 aromatic rings. The standard InChI is InChI=1S/C13H17NO4/c1-3-4-12(15)7-5-10-9-11(14(16)17)6-8-13(10)18-2/h6,8-9H,3-5,7H2,1-2H3. The van der Waals surface area contributed by atoms with Crippen molar-refractivity contribution in [2.75, 3.05) is 7.11 Å². The van der Waals surface area contributed by atoms with Gasteiger partial charge in [-0.15, -0.1) is 0 Å². The smallest absolute Gasteiger partial charge is 0.269 e. The Labute approximate surface area is 106 Å². The molecule has 1 aromatic carbocycles. The second kappa shape index (κ2) is 6.74. The molecule has 0 fully saturated rings. The number of benzene rings is 1. The van der Waals surface area contributed by atoms with E-state index in [2.05, 4.69) is 0 Å². The quantitative estimate of drug-likeness (QED) is 0.552. The molecule has 0 saturated heterocycles. The van der Waals surface area contributed by atoms with Gasteiger partial charge in [0.15, 0.2) is 0 Å². The van der Waals surface area contributed by atoms with E-state index in [-0.39, 0.29) is 11.5 Å². The Bertz CT molecular complexity index is 443. The van der Waals surface area contributed by atoms with Crippen LogP contribution in [0.5, 0.6) is 5.75 Å². The third kappa shape index (κ3) is 3.84. The number of ether oxygens (including phenoxy) is 1. The molecule has 0 aliphatic rings. The lowest BCUT2D eigenvalue weighted by Crippen LogP contribution is -2.01. The van der Waals surface area contributed by atoms with E-state index in [4.69, 9.17) is 4.74 Å². The number of non-ortho nitro benzene ring substituents is 1. The number of Topliss-reactive ketones (excluding diaryl/α,β-unsaturated/α-hetero) is 1. The maximum Gasteiger partial charge on any atom is 0.269 e. The summed E-state index contributed by atoms with van der Waals surface area (Å²) in [6, 6.07) is 4.44. The Morgan fingerprint density at radius 3 is 2.67 bits per heavy atom. The fourth-order valence-electron chi connectivity index (χ4n) is 1.75. The number of carbonyl (C=O) groups excluding carboxylic acids is 1. The summed E-state index contributed by atoms with van der Waals surface area (Å²) in [4.78, 5) is 21.7. The summed E-state index contributed by atoms with van der Waals surface area (Å²) in [6.07, 6.45) is 2.25. The van der Waals surface area contributed by atoms with Crippen LogP contribution in [-0.2, 0) is 11.2 Å². The van der Waals surface area contributed by atoms with Crippen LogP contribution in [0.2, 0.25) is 0 Å². The second-order valence-electron chi connectivity index (χ2n) is 4.04. The summed E-state index contributed by atoms with van der Waals surface area (Å²) in [6.45, 7) is 1.95. The Balaban J connectivity index is 2.81. The number of rotatable bonds is 7. The first-order valence-corrected chi connectivity index (χ1v) is 5.91. The molecular formula is C13H17NO4. The SMILES string of the molecule is CCCC(=O)CCc1cc([N+](=O)[O-])ccc1OC. The average Bonchev–Trinajstić information content (AvgIpc) is 2.36. The van der Waals surface area contributed by atoms with E-state index in [1.807, 2.05) is 6.92 Å². The van der Waals surface area contributed by atoms with Crippen molar-refractivity contribution in [2.45, 2.75) is 32.6 Å². The Kier molecular flexibility index (Phi) is 5.30. The minimum Gasteiger partial charge on any atom is -0.496 e. The van der Waals surface area contributed by atoms with E-state index in [0.29, 0.717) is 30.6 Å². The number of ketones is 1. The molecule has 18 heavy (non-hydrogen) atoms. The molecule has 0 atom stereocenters. The molecule has 0 bridgehead atoms. The van der Waals surface area contributed by atoms with Crippen molar-refractivity contribution in [3.8, 4) is 5.75 Å². The fraction of sp³-hybridized carbons (Fsp3) is 0.462. The zero-order valence-electron chi connectivity index (χ0n) is 10.6. The number of nitro benzene ring substituents is 1. The molecule has 0 radical (unpaired) electrons. The van der Waals surface area contributed by atoms with Crippen LogP contribution in [0.1, 0.15) is 31.7 Å². The van der Waals surface area contributed by atoms with Gasteiger partial charge in [0.1, 0.15) is 11.5 Å². The molecule has 0 aliphatic carbocycles. The minimum atomic E-state index is -0.448. The lowest BCUT2D eigenvalue weighted by atomic mass is 10.0. The number of nitro groups is 1. The molecule has 5 nitrogen and oxygen atoms in total. The van der Waals surface area contributed by atoms with E-state index in [0.717, 1.165) is 6.42 Å². The molecule has 0 heterocycles. The largest absolute Gasteiger partial charge is 0.496 e. The zero-order chi connectivity index (χ0) is 13.5. The van der Waals surface area contributed by atoms with Crippen molar-refractivity contribution in [2.24, 2.45) is 0 Å². The summed E-state index contributed by atoms with van der Waals surface area (Å²) in [5.74, 6) is 0.760. The van der Waals surface area contributed by atoms with Crippen molar-refractivity contribution in [3.63, 3.8) is 0 Å². The van der Waals surface area contributed by atoms with Crippen LogP contribution in [0.15, 0.2) is 18.2 Å². The number of nitrogens with zero attached hydrogens (tertiary/aromatic N) is 1. The van der Waals surface area contributed by atoms with E-state index in [1.165, 1.54) is 19.2 Å². The predicted octanol–water partition coefficient (Wildman–Crippen LogP) is 2.91. The lowest BCUT2D eigenvalue weighted by Gasteiger charge is -2.07. The number of hydrogen-bond donors (Lipinski definition) is 0. The van der Waals surface area contributed by atoms with Gasteiger partial charge in [0.25, 0.3) is 5.69 Å². The van der Waals surface area contributed by atoms with E-state index >= 15 is 0 Å². The van der Waals surface area contributed by atoms with Crippen molar-refractivity contribution >= 4 is 11.5 Å². The Morgan fingerprint density at radius 2 is 2.11 bits per heavy atom. The summed E-state index contributed by atoms with van der Waals surface area (Å²) >= 11 is 0.